The lowest BCUT2D eigenvalue weighted by Gasteiger charge is -2.37. The lowest BCUT2D eigenvalue weighted by molar-refractivity contribution is -0.144. The maximum absolute atomic E-state index is 13.0. The number of nitrogens with one attached hydrogen (secondary N) is 1. The van der Waals surface area contributed by atoms with Crippen molar-refractivity contribution in [3.05, 3.63) is 24.4 Å². The van der Waals surface area contributed by atoms with Gasteiger partial charge in [0.2, 0.25) is 11.8 Å². The van der Waals surface area contributed by atoms with Gasteiger partial charge in [0.15, 0.2) is 0 Å². The molecule has 1 aliphatic carbocycles. The number of piperazine rings is 1. The average molecular weight is 358 g/mol. The Bertz CT molecular complexity index is 648. The van der Waals surface area contributed by atoms with Gasteiger partial charge in [-0.2, -0.15) is 0 Å². The number of ether oxygens (including phenoxy) is 1. The van der Waals surface area contributed by atoms with Crippen LogP contribution >= 0.6 is 0 Å². The van der Waals surface area contributed by atoms with Crippen LogP contribution in [-0.4, -0.2) is 67.1 Å². The smallest absolute Gasteiger partial charge is 0.238 e. The van der Waals surface area contributed by atoms with Gasteiger partial charge >= 0.3 is 0 Å². The summed E-state index contributed by atoms with van der Waals surface area (Å²) in [6.07, 6.45) is 5.23. The SMILES string of the molecule is O=C(NCC1CCCO1)C1(C(=O)N2CCN(c3ccccn3)CC2)CC1. The summed E-state index contributed by atoms with van der Waals surface area (Å²) in [6.45, 7) is 4.05. The van der Waals surface area contributed by atoms with E-state index in [1.165, 1.54) is 0 Å². The summed E-state index contributed by atoms with van der Waals surface area (Å²) >= 11 is 0. The Hall–Kier alpha value is -2.15. The van der Waals surface area contributed by atoms with E-state index in [-0.39, 0.29) is 17.9 Å². The summed E-state index contributed by atoms with van der Waals surface area (Å²) in [4.78, 5) is 34.0. The number of pyridine rings is 1. The minimum absolute atomic E-state index is 0.0111. The van der Waals surface area contributed by atoms with E-state index in [0.29, 0.717) is 32.5 Å². The van der Waals surface area contributed by atoms with Gasteiger partial charge in [-0.05, 0) is 37.8 Å². The maximum atomic E-state index is 13.0. The Morgan fingerprint density at radius 1 is 1.23 bits per heavy atom. The number of anilines is 1. The van der Waals surface area contributed by atoms with Crippen LogP contribution in [0.5, 0.6) is 0 Å². The van der Waals surface area contributed by atoms with Crippen LogP contribution in [-0.2, 0) is 14.3 Å². The van der Waals surface area contributed by atoms with E-state index in [9.17, 15) is 9.59 Å². The molecule has 1 aromatic heterocycles. The van der Waals surface area contributed by atoms with Crippen LogP contribution in [0.1, 0.15) is 25.7 Å². The molecule has 1 N–H and O–H groups in total. The summed E-state index contributed by atoms with van der Waals surface area (Å²) in [7, 11) is 0. The topological polar surface area (TPSA) is 74.8 Å². The highest BCUT2D eigenvalue weighted by atomic mass is 16.5. The van der Waals surface area contributed by atoms with Crippen LogP contribution < -0.4 is 10.2 Å². The number of aromatic nitrogens is 1. The van der Waals surface area contributed by atoms with Crippen molar-refractivity contribution in [1.82, 2.24) is 15.2 Å². The van der Waals surface area contributed by atoms with Gasteiger partial charge in [-0.25, -0.2) is 4.98 Å². The number of nitrogens with zero attached hydrogens (tertiary/aromatic N) is 3. The van der Waals surface area contributed by atoms with E-state index in [0.717, 1.165) is 38.4 Å². The van der Waals surface area contributed by atoms with Crippen LogP contribution in [0.25, 0.3) is 0 Å². The molecule has 7 nitrogen and oxygen atoms in total. The predicted molar refractivity (Wildman–Crippen MR) is 96.7 cm³/mol. The molecule has 0 radical (unpaired) electrons. The predicted octanol–water partition coefficient (Wildman–Crippen LogP) is 0.806. The van der Waals surface area contributed by atoms with Crippen LogP contribution in [0.4, 0.5) is 5.82 Å². The van der Waals surface area contributed by atoms with Gasteiger partial charge in [-0.3, -0.25) is 9.59 Å². The first kappa shape index (κ1) is 17.3. The van der Waals surface area contributed by atoms with Crippen molar-refractivity contribution < 1.29 is 14.3 Å². The maximum Gasteiger partial charge on any atom is 0.238 e. The number of rotatable bonds is 5. The Labute approximate surface area is 153 Å². The molecule has 3 heterocycles. The second-order valence-electron chi connectivity index (χ2n) is 7.39. The average Bonchev–Trinajstić information content (AvgIpc) is 3.35. The molecule has 3 aliphatic rings. The Balaban J connectivity index is 1.30. The molecule has 4 rings (SSSR count). The molecule has 1 aromatic rings. The van der Waals surface area contributed by atoms with Crippen LogP contribution in [0.15, 0.2) is 24.4 Å². The summed E-state index contributed by atoms with van der Waals surface area (Å²) < 4.78 is 5.55. The molecule has 7 heteroatoms. The second-order valence-corrected chi connectivity index (χ2v) is 7.39. The Morgan fingerprint density at radius 3 is 2.65 bits per heavy atom. The fourth-order valence-corrected chi connectivity index (χ4v) is 3.83. The molecule has 1 saturated carbocycles. The van der Waals surface area contributed by atoms with Gasteiger partial charge in [-0.15, -0.1) is 0 Å². The first-order valence-corrected chi connectivity index (χ1v) is 9.54. The molecule has 3 fully saturated rings. The molecule has 26 heavy (non-hydrogen) atoms. The minimum atomic E-state index is -0.828. The van der Waals surface area contributed by atoms with Crippen molar-refractivity contribution in [2.24, 2.45) is 5.41 Å². The third kappa shape index (κ3) is 3.40. The molecule has 0 aromatic carbocycles. The number of carbonyl (C=O) groups excluding carboxylic acids is 2. The number of amides is 2. The zero-order valence-corrected chi connectivity index (χ0v) is 15.0. The summed E-state index contributed by atoms with van der Waals surface area (Å²) in [5.74, 6) is 0.809. The van der Waals surface area contributed by atoms with Crippen molar-refractivity contribution in [3.63, 3.8) is 0 Å². The van der Waals surface area contributed by atoms with Crippen LogP contribution in [0.2, 0.25) is 0 Å². The van der Waals surface area contributed by atoms with E-state index in [1.54, 1.807) is 6.20 Å². The summed E-state index contributed by atoms with van der Waals surface area (Å²) in [5, 5.41) is 2.95. The zero-order valence-electron chi connectivity index (χ0n) is 15.0. The van der Waals surface area contributed by atoms with Gasteiger partial charge in [0, 0.05) is 45.5 Å². The van der Waals surface area contributed by atoms with Crippen LogP contribution in [0, 0.1) is 5.41 Å². The fourth-order valence-electron chi connectivity index (χ4n) is 3.83. The zero-order chi connectivity index (χ0) is 18.0. The largest absolute Gasteiger partial charge is 0.376 e. The van der Waals surface area contributed by atoms with Gasteiger partial charge in [0.05, 0.1) is 6.10 Å². The molecule has 0 spiro atoms. The van der Waals surface area contributed by atoms with Gasteiger partial charge in [-0.1, -0.05) is 6.07 Å². The molecular formula is C19H26N4O3. The molecule has 1 unspecified atom stereocenters. The van der Waals surface area contributed by atoms with Gasteiger partial charge in [0.25, 0.3) is 0 Å². The lowest BCUT2D eigenvalue weighted by atomic mass is 10.0. The third-order valence-electron chi connectivity index (χ3n) is 5.65. The summed E-state index contributed by atoms with van der Waals surface area (Å²) in [5.41, 5.74) is -0.828. The van der Waals surface area contributed by atoms with E-state index < -0.39 is 5.41 Å². The molecule has 1 atom stereocenters. The molecule has 0 bridgehead atoms. The molecule has 2 amide bonds. The van der Waals surface area contributed by atoms with E-state index in [2.05, 4.69) is 15.2 Å². The molecular weight excluding hydrogens is 332 g/mol. The Kier molecular flexibility index (Phi) is 4.80. The van der Waals surface area contributed by atoms with Gasteiger partial charge in [0.1, 0.15) is 11.2 Å². The van der Waals surface area contributed by atoms with Crippen molar-refractivity contribution in [1.29, 1.82) is 0 Å². The monoisotopic (exact) mass is 358 g/mol. The third-order valence-corrected chi connectivity index (χ3v) is 5.65. The van der Waals surface area contributed by atoms with E-state index in [4.69, 9.17) is 4.74 Å². The lowest BCUT2D eigenvalue weighted by Crippen LogP contribution is -2.53. The normalized spacial score (nSPS) is 24.4. The summed E-state index contributed by atoms with van der Waals surface area (Å²) in [6, 6.07) is 5.85. The second kappa shape index (κ2) is 7.23. The highest BCUT2D eigenvalue weighted by Crippen LogP contribution is 2.47. The van der Waals surface area contributed by atoms with E-state index in [1.807, 2.05) is 23.1 Å². The number of hydrogen-bond donors (Lipinski definition) is 1. The number of carbonyl (C=O) groups is 2. The standard InChI is InChI=1S/C19H26N4O3/c24-17(21-14-15-4-3-13-26-15)19(6-7-19)18(25)23-11-9-22(10-12-23)16-5-1-2-8-20-16/h1-2,5,8,15H,3-4,6-7,9-14H2,(H,21,24). The van der Waals surface area contributed by atoms with Crippen LogP contribution in [0.3, 0.4) is 0 Å². The van der Waals surface area contributed by atoms with Gasteiger partial charge < -0.3 is 19.9 Å². The molecule has 2 saturated heterocycles. The fraction of sp³-hybridized carbons (Fsp3) is 0.632. The Morgan fingerprint density at radius 2 is 2.04 bits per heavy atom. The van der Waals surface area contributed by atoms with E-state index >= 15 is 0 Å². The van der Waals surface area contributed by atoms with Crippen molar-refractivity contribution in [2.45, 2.75) is 31.8 Å². The first-order valence-electron chi connectivity index (χ1n) is 9.54. The molecule has 140 valence electrons. The highest BCUT2D eigenvalue weighted by molar-refractivity contribution is 6.07. The quantitative estimate of drug-likeness (QED) is 0.789. The first-order chi connectivity index (χ1) is 12.7. The van der Waals surface area contributed by atoms with Crippen molar-refractivity contribution in [3.8, 4) is 0 Å². The number of hydrogen-bond acceptors (Lipinski definition) is 5. The van der Waals surface area contributed by atoms with Crippen molar-refractivity contribution in [2.75, 3.05) is 44.2 Å². The minimum Gasteiger partial charge on any atom is -0.376 e. The van der Waals surface area contributed by atoms with Crippen molar-refractivity contribution >= 4 is 17.6 Å². The molecule has 2 aliphatic heterocycles. The highest BCUT2D eigenvalue weighted by Gasteiger charge is 2.58.